The first-order chi connectivity index (χ1) is 8.76. The molecule has 1 N–H and O–H groups in total. The smallest absolute Gasteiger partial charge is 0.131 e. The lowest BCUT2D eigenvalue weighted by molar-refractivity contribution is 0.299. The predicted molar refractivity (Wildman–Crippen MR) is 69.2 cm³/mol. The summed E-state index contributed by atoms with van der Waals surface area (Å²) in [6.07, 6.45) is 0.516. The molecule has 0 saturated heterocycles. The van der Waals surface area contributed by atoms with Crippen LogP contribution in [0.25, 0.3) is 11.1 Å². The first-order valence-electron chi connectivity index (χ1n) is 5.79. The maximum Gasteiger partial charge on any atom is 0.131 e. The Bertz CT molecular complexity index is 538. The number of benzene rings is 2. The third-order valence-electron chi connectivity index (χ3n) is 2.83. The van der Waals surface area contributed by atoms with E-state index in [4.69, 9.17) is 9.84 Å². The fourth-order valence-corrected chi connectivity index (χ4v) is 1.93. The Labute approximate surface area is 106 Å². The second-order valence-electron chi connectivity index (χ2n) is 3.99. The second-order valence-corrected chi connectivity index (χ2v) is 3.99. The number of aliphatic hydroxyl groups is 1. The third kappa shape index (κ3) is 2.51. The molecule has 2 aromatic rings. The lowest BCUT2D eigenvalue weighted by Gasteiger charge is -2.10. The van der Waals surface area contributed by atoms with Gasteiger partial charge in [-0.25, -0.2) is 4.39 Å². The Morgan fingerprint density at radius 1 is 1.11 bits per heavy atom. The Morgan fingerprint density at radius 2 is 1.89 bits per heavy atom. The summed E-state index contributed by atoms with van der Waals surface area (Å²) in [4.78, 5) is 0. The summed E-state index contributed by atoms with van der Waals surface area (Å²) in [6.45, 7) is 0.0526. The van der Waals surface area contributed by atoms with E-state index >= 15 is 0 Å². The van der Waals surface area contributed by atoms with Crippen molar-refractivity contribution in [3.63, 3.8) is 0 Å². The fraction of sp³-hybridized carbons (Fsp3) is 0.200. The van der Waals surface area contributed by atoms with Gasteiger partial charge in [0.15, 0.2) is 0 Å². The average molecular weight is 246 g/mol. The maximum absolute atomic E-state index is 13.9. The predicted octanol–water partition coefficient (Wildman–Crippen LogP) is 3.04. The van der Waals surface area contributed by atoms with Crippen molar-refractivity contribution in [3.8, 4) is 16.9 Å². The number of halogens is 1. The van der Waals surface area contributed by atoms with Crippen LogP contribution in [0, 0.1) is 5.82 Å². The van der Waals surface area contributed by atoms with Crippen LogP contribution in [0.1, 0.15) is 5.56 Å². The van der Waals surface area contributed by atoms with Crippen LogP contribution in [0.5, 0.6) is 5.75 Å². The molecule has 2 nitrogen and oxygen atoms in total. The van der Waals surface area contributed by atoms with E-state index in [9.17, 15) is 4.39 Å². The van der Waals surface area contributed by atoms with Crippen LogP contribution in [0.2, 0.25) is 0 Å². The molecule has 3 heteroatoms. The highest BCUT2D eigenvalue weighted by atomic mass is 19.1. The van der Waals surface area contributed by atoms with Crippen LogP contribution in [-0.2, 0) is 6.42 Å². The molecule has 0 fully saturated rings. The number of rotatable bonds is 4. The van der Waals surface area contributed by atoms with Gasteiger partial charge in [0.05, 0.1) is 7.11 Å². The molecule has 0 radical (unpaired) electrons. The van der Waals surface area contributed by atoms with Crippen LogP contribution in [0.3, 0.4) is 0 Å². The van der Waals surface area contributed by atoms with Gasteiger partial charge >= 0.3 is 0 Å². The molecule has 0 aliphatic carbocycles. The lowest BCUT2D eigenvalue weighted by Crippen LogP contribution is -1.95. The normalized spacial score (nSPS) is 10.4. The summed E-state index contributed by atoms with van der Waals surface area (Å²) in [5.41, 5.74) is 2.12. The molecule has 94 valence electrons. The van der Waals surface area contributed by atoms with Gasteiger partial charge in [-0.15, -0.1) is 0 Å². The zero-order valence-corrected chi connectivity index (χ0v) is 10.2. The minimum atomic E-state index is -0.291. The molecular formula is C15H15FO2. The monoisotopic (exact) mass is 246 g/mol. The zero-order chi connectivity index (χ0) is 13.0. The van der Waals surface area contributed by atoms with Crippen molar-refractivity contribution in [1.82, 2.24) is 0 Å². The van der Waals surface area contributed by atoms with Crippen molar-refractivity contribution >= 4 is 0 Å². The van der Waals surface area contributed by atoms with Gasteiger partial charge in [0.2, 0.25) is 0 Å². The summed E-state index contributed by atoms with van der Waals surface area (Å²) in [5, 5.41) is 8.93. The Hall–Kier alpha value is -1.87. The second kappa shape index (κ2) is 5.65. The summed E-state index contributed by atoms with van der Waals surface area (Å²) >= 11 is 0. The van der Waals surface area contributed by atoms with Crippen molar-refractivity contribution in [2.45, 2.75) is 6.42 Å². The standard InChI is InChI=1S/C15H15FO2/c1-18-15-5-3-2-4-12(15)13-10-11(8-9-17)6-7-14(13)16/h2-7,10,17H,8-9H2,1H3. The van der Waals surface area contributed by atoms with Crippen molar-refractivity contribution in [1.29, 1.82) is 0 Å². The summed E-state index contributed by atoms with van der Waals surface area (Å²) in [7, 11) is 1.56. The van der Waals surface area contributed by atoms with E-state index in [0.29, 0.717) is 17.7 Å². The fourth-order valence-electron chi connectivity index (χ4n) is 1.93. The van der Waals surface area contributed by atoms with Crippen molar-refractivity contribution in [2.75, 3.05) is 13.7 Å². The van der Waals surface area contributed by atoms with E-state index in [1.807, 2.05) is 18.2 Å². The number of methoxy groups -OCH3 is 1. The SMILES string of the molecule is COc1ccccc1-c1cc(CCO)ccc1F. The van der Waals surface area contributed by atoms with Crippen LogP contribution >= 0.6 is 0 Å². The third-order valence-corrected chi connectivity index (χ3v) is 2.83. The molecule has 0 amide bonds. The van der Waals surface area contributed by atoms with Gasteiger partial charge in [0.25, 0.3) is 0 Å². The van der Waals surface area contributed by atoms with Crippen molar-refractivity contribution in [3.05, 3.63) is 53.8 Å². The molecule has 0 aliphatic rings. The zero-order valence-electron chi connectivity index (χ0n) is 10.2. The summed E-state index contributed by atoms with van der Waals surface area (Å²) in [6, 6.07) is 12.2. The van der Waals surface area contributed by atoms with E-state index in [1.165, 1.54) is 6.07 Å². The van der Waals surface area contributed by atoms with E-state index in [0.717, 1.165) is 11.1 Å². The molecule has 0 bridgehead atoms. The highest BCUT2D eigenvalue weighted by Gasteiger charge is 2.10. The number of para-hydroxylation sites is 1. The van der Waals surface area contributed by atoms with Gasteiger partial charge in [-0.2, -0.15) is 0 Å². The van der Waals surface area contributed by atoms with Crippen molar-refractivity contribution in [2.24, 2.45) is 0 Å². The highest BCUT2D eigenvalue weighted by molar-refractivity contribution is 5.71. The first-order valence-corrected chi connectivity index (χ1v) is 5.79. The molecule has 0 aromatic heterocycles. The van der Waals surface area contributed by atoms with Crippen molar-refractivity contribution < 1.29 is 14.2 Å². The molecule has 0 heterocycles. The topological polar surface area (TPSA) is 29.5 Å². The van der Waals surface area contributed by atoms with Crippen LogP contribution in [0.4, 0.5) is 4.39 Å². The Morgan fingerprint density at radius 3 is 2.61 bits per heavy atom. The number of hydrogen-bond donors (Lipinski definition) is 1. The first kappa shape index (κ1) is 12.6. The lowest BCUT2D eigenvalue weighted by atomic mass is 10.0. The van der Waals surface area contributed by atoms with Gasteiger partial charge in [0.1, 0.15) is 11.6 Å². The van der Waals surface area contributed by atoms with Gasteiger partial charge in [-0.05, 0) is 30.2 Å². The van der Waals surface area contributed by atoms with Gasteiger partial charge in [-0.1, -0.05) is 24.3 Å². The largest absolute Gasteiger partial charge is 0.496 e. The number of hydrogen-bond acceptors (Lipinski definition) is 2. The molecule has 2 aromatic carbocycles. The molecule has 18 heavy (non-hydrogen) atoms. The summed E-state index contributed by atoms with van der Waals surface area (Å²) < 4.78 is 19.1. The molecule has 2 rings (SSSR count). The van der Waals surface area contributed by atoms with E-state index < -0.39 is 0 Å². The molecule has 0 spiro atoms. The van der Waals surface area contributed by atoms with Crippen LogP contribution < -0.4 is 4.74 Å². The summed E-state index contributed by atoms with van der Waals surface area (Å²) in [5.74, 6) is 0.346. The highest BCUT2D eigenvalue weighted by Crippen LogP contribution is 2.32. The molecular weight excluding hydrogens is 231 g/mol. The molecule has 0 atom stereocenters. The van der Waals surface area contributed by atoms with E-state index in [1.54, 1.807) is 25.3 Å². The van der Waals surface area contributed by atoms with Crippen LogP contribution in [0.15, 0.2) is 42.5 Å². The molecule has 0 saturated carbocycles. The number of ether oxygens (including phenoxy) is 1. The molecule has 0 unspecified atom stereocenters. The number of aliphatic hydroxyl groups excluding tert-OH is 1. The van der Waals surface area contributed by atoms with Gasteiger partial charge in [0, 0.05) is 17.7 Å². The van der Waals surface area contributed by atoms with Gasteiger partial charge < -0.3 is 9.84 Å². The van der Waals surface area contributed by atoms with E-state index in [-0.39, 0.29) is 12.4 Å². The minimum absolute atomic E-state index is 0.0526. The Balaban J connectivity index is 2.51. The average Bonchev–Trinajstić information content (AvgIpc) is 2.41. The molecule has 0 aliphatic heterocycles. The maximum atomic E-state index is 13.9. The minimum Gasteiger partial charge on any atom is -0.496 e. The van der Waals surface area contributed by atoms with Crippen LogP contribution in [-0.4, -0.2) is 18.8 Å². The van der Waals surface area contributed by atoms with E-state index in [2.05, 4.69) is 0 Å². The Kier molecular flexibility index (Phi) is 3.95. The van der Waals surface area contributed by atoms with Gasteiger partial charge in [-0.3, -0.25) is 0 Å². The quantitative estimate of drug-likeness (QED) is 0.898.